The molecule has 2 aliphatic rings. The zero-order chi connectivity index (χ0) is 40.6. The number of hydrogen-bond donors (Lipinski definition) is 5. The van der Waals surface area contributed by atoms with Crippen LogP contribution in [0.4, 0.5) is 0 Å². The number of thioether (sulfide) groups is 1. The average molecular weight is 791 g/mol. The van der Waals surface area contributed by atoms with Crippen LogP contribution in [-0.2, 0) is 41.6 Å². The summed E-state index contributed by atoms with van der Waals surface area (Å²) in [6.07, 6.45) is -2.37. The van der Waals surface area contributed by atoms with E-state index in [1.165, 1.54) is 43.3 Å². The molecule has 17 nitrogen and oxygen atoms in total. The highest BCUT2D eigenvalue weighted by atomic mass is 32.2. The molecule has 3 heterocycles. The Morgan fingerprint density at radius 3 is 2.54 bits per heavy atom. The van der Waals surface area contributed by atoms with Gasteiger partial charge in [-0.2, -0.15) is 0 Å². The van der Waals surface area contributed by atoms with Gasteiger partial charge in [0.1, 0.15) is 30.4 Å². The lowest BCUT2D eigenvalue weighted by Gasteiger charge is -2.28. The van der Waals surface area contributed by atoms with Gasteiger partial charge in [0, 0.05) is 41.8 Å². The summed E-state index contributed by atoms with van der Waals surface area (Å²) >= 11 is 1.19. The average Bonchev–Trinajstić information content (AvgIpc) is 3.82. The van der Waals surface area contributed by atoms with Crippen molar-refractivity contribution in [3.63, 3.8) is 0 Å². The third-order valence-corrected chi connectivity index (χ3v) is 11.0. The van der Waals surface area contributed by atoms with E-state index in [0.29, 0.717) is 12.3 Å². The normalized spacial score (nSPS) is 21.7. The summed E-state index contributed by atoms with van der Waals surface area (Å²) in [4.78, 5) is 82.7. The Morgan fingerprint density at radius 1 is 1.11 bits per heavy atom. The first-order valence-electron chi connectivity index (χ1n) is 18.1. The van der Waals surface area contributed by atoms with Crippen molar-refractivity contribution in [3.05, 3.63) is 114 Å². The van der Waals surface area contributed by atoms with E-state index in [1.807, 2.05) is 37.3 Å². The van der Waals surface area contributed by atoms with Gasteiger partial charge >= 0.3 is 11.7 Å². The predicted octanol–water partition coefficient (Wildman–Crippen LogP) is 2.08. The van der Waals surface area contributed by atoms with Crippen molar-refractivity contribution < 1.29 is 33.8 Å². The van der Waals surface area contributed by atoms with E-state index >= 15 is 0 Å². The third kappa shape index (κ3) is 10.5. The fraction of sp³-hybridized carbons (Fsp3) is 0.474. The summed E-state index contributed by atoms with van der Waals surface area (Å²) in [5, 5.41) is 22.9. The van der Waals surface area contributed by atoms with Gasteiger partial charge in [0.15, 0.2) is 5.78 Å². The summed E-state index contributed by atoms with van der Waals surface area (Å²) in [6, 6.07) is 14.1. The Hall–Kier alpha value is -5.26. The molecule has 2 fully saturated rings. The van der Waals surface area contributed by atoms with Crippen molar-refractivity contribution in [1.29, 1.82) is 0 Å². The highest BCUT2D eigenvalue weighted by molar-refractivity contribution is 8.00. The van der Waals surface area contributed by atoms with E-state index in [-0.39, 0.29) is 37.3 Å². The second-order valence-electron chi connectivity index (χ2n) is 14.6. The van der Waals surface area contributed by atoms with Gasteiger partial charge in [0.25, 0.3) is 5.56 Å². The zero-order valence-corrected chi connectivity index (χ0v) is 32.3. The van der Waals surface area contributed by atoms with Crippen molar-refractivity contribution in [2.45, 2.75) is 95.4 Å². The number of carbonyl (C=O) groups excluding carboxylic acids is 4. The Kier molecular flexibility index (Phi) is 13.9. The number of ketones is 1. The first-order valence-corrected chi connectivity index (χ1v) is 19.2. The smallest absolute Gasteiger partial charge is 0.330 e. The van der Waals surface area contributed by atoms with Crippen LogP contribution in [0.15, 0.2) is 75.5 Å². The van der Waals surface area contributed by atoms with Gasteiger partial charge in [-0.3, -0.25) is 38.8 Å². The molecular weight excluding hydrogens is 745 g/mol. The molecule has 298 valence electrons. The summed E-state index contributed by atoms with van der Waals surface area (Å²) in [5.74, 6) is -1.98. The molecule has 2 aliphatic heterocycles. The second kappa shape index (κ2) is 18.6. The molecule has 1 aromatic heterocycles. The predicted molar refractivity (Wildman–Crippen MR) is 206 cm³/mol. The lowest BCUT2D eigenvalue weighted by molar-refractivity contribution is -0.160. The summed E-state index contributed by atoms with van der Waals surface area (Å²) in [7, 11) is 0. The molecule has 0 saturated carbocycles. The van der Waals surface area contributed by atoms with Crippen molar-refractivity contribution in [2.24, 2.45) is 10.5 Å². The zero-order valence-electron chi connectivity index (χ0n) is 31.5. The van der Waals surface area contributed by atoms with Gasteiger partial charge < -0.3 is 25.2 Å². The molecule has 2 aromatic carbocycles. The van der Waals surface area contributed by atoms with Crippen LogP contribution in [0.5, 0.6) is 0 Å². The lowest BCUT2D eigenvalue weighted by Crippen LogP contribution is -2.54. The summed E-state index contributed by atoms with van der Waals surface area (Å²) in [6.45, 7) is 6.44. The minimum atomic E-state index is -1.66. The number of nitrogens with one attached hydrogen (secondary N) is 4. The monoisotopic (exact) mass is 790 g/mol. The molecule has 3 aromatic rings. The third-order valence-electron chi connectivity index (χ3n) is 9.78. The van der Waals surface area contributed by atoms with Gasteiger partial charge in [0.2, 0.25) is 11.8 Å². The van der Waals surface area contributed by atoms with Crippen molar-refractivity contribution in [1.82, 2.24) is 25.5 Å². The van der Waals surface area contributed by atoms with Crippen molar-refractivity contribution in [3.8, 4) is 0 Å². The van der Waals surface area contributed by atoms with Crippen LogP contribution in [0.2, 0.25) is 0 Å². The summed E-state index contributed by atoms with van der Waals surface area (Å²) in [5.41, 5.74) is 9.48. The topological polar surface area (TPSA) is 247 Å². The van der Waals surface area contributed by atoms with Gasteiger partial charge in [0.05, 0.1) is 23.5 Å². The quantitative estimate of drug-likeness (QED) is 0.0609. The fourth-order valence-electron chi connectivity index (χ4n) is 6.47. The maximum Gasteiger partial charge on any atom is 0.330 e. The fourth-order valence-corrected chi connectivity index (χ4v) is 7.67. The van der Waals surface area contributed by atoms with E-state index in [0.717, 1.165) is 16.7 Å². The first-order chi connectivity index (χ1) is 26.7. The van der Waals surface area contributed by atoms with E-state index in [4.69, 9.17) is 15.0 Å². The number of carbonyl (C=O) groups is 4. The van der Waals surface area contributed by atoms with E-state index < -0.39 is 76.3 Å². The van der Waals surface area contributed by atoms with Gasteiger partial charge in [-0.1, -0.05) is 59.7 Å². The number of hydrogen-bond acceptors (Lipinski definition) is 12. The number of azide groups is 1. The van der Waals surface area contributed by atoms with Crippen molar-refractivity contribution in [2.75, 3.05) is 12.4 Å². The Bertz CT molecular complexity index is 2080. The standard InChI is InChI=1S/C38H46N8O9S/c1-21-10-8-9-13-24(21)17-40-34(51)27-20-56-35(42-27)32(49)31(48)26(14-23-11-6-5-7-12-23)41-29(47)16-38(3,4)36(52)54-19-28-25(44-45-39)15-30(55-28)46-18-22(2)33(50)43-37(46)53/h5-13,18,25-28,30-31,35,42,48H,14-17,19-20H2,1-4H3,(H,40,51)(H,41,47)(H,43,50,53)/t25-,26-,27-,28+,30+,31-,35?/m0/s1. The Labute approximate surface area is 326 Å². The molecule has 0 spiro atoms. The number of nitrogens with zero attached hydrogens (tertiary/aromatic N) is 4. The van der Waals surface area contributed by atoms with Crippen LogP contribution in [0, 0.1) is 19.3 Å². The number of aromatic nitrogens is 2. The Morgan fingerprint density at radius 2 is 1.82 bits per heavy atom. The minimum Gasteiger partial charge on any atom is -0.462 e. The number of rotatable bonds is 16. The SMILES string of the molecule is Cc1ccccc1CNC(=O)[C@@H]1CSC(C(=O)[C@@H](O)[C@H](Cc2ccccc2)NC(=O)CC(C)(C)C(=O)OC[C@H]2O[C@@H](n3cc(C)c(=O)[nH]c3=O)C[C@@H]2N=[N+]=[N-])N1. The van der Waals surface area contributed by atoms with E-state index in [9.17, 15) is 33.9 Å². The van der Waals surface area contributed by atoms with Gasteiger partial charge in [-0.05, 0) is 56.3 Å². The largest absolute Gasteiger partial charge is 0.462 e. The Balaban J connectivity index is 1.18. The molecule has 5 N–H and O–H groups in total. The van der Waals surface area contributed by atoms with Crippen molar-refractivity contribution >= 4 is 35.3 Å². The van der Waals surface area contributed by atoms with Crippen LogP contribution >= 0.6 is 11.8 Å². The number of amides is 2. The molecular formula is C38H46N8O9S. The molecule has 18 heteroatoms. The maximum atomic E-state index is 13.6. The number of benzene rings is 2. The molecule has 2 amide bonds. The second-order valence-corrected chi connectivity index (χ2v) is 15.7. The van der Waals surface area contributed by atoms with Crippen LogP contribution in [0.25, 0.3) is 10.4 Å². The maximum absolute atomic E-state index is 13.6. The number of aromatic amines is 1. The van der Waals surface area contributed by atoms with E-state index in [1.54, 1.807) is 24.3 Å². The van der Waals surface area contributed by atoms with Crippen LogP contribution in [0.3, 0.4) is 0 Å². The number of aryl methyl sites for hydroxylation is 2. The molecule has 1 unspecified atom stereocenters. The lowest BCUT2D eigenvalue weighted by atomic mass is 9.88. The molecule has 2 saturated heterocycles. The molecule has 0 radical (unpaired) electrons. The molecule has 5 rings (SSSR count). The van der Waals surface area contributed by atoms with Crippen LogP contribution in [-0.4, -0.2) is 86.3 Å². The highest BCUT2D eigenvalue weighted by Crippen LogP contribution is 2.31. The number of ether oxygens (including phenoxy) is 2. The number of aliphatic hydroxyl groups is 1. The first kappa shape index (κ1) is 41.9. The van der Waals surface area contributed by atoms with Crippen LogP contribution < -0.4 is 27.2 Å². The number of H-pyrrole nitrogens is 1. The number of aliphatic hydroxyl groups excluding tert-OH is 1. The molecule has 0 aliphatic carbocycles. The van der Waals surface area contributed by atoms with E-state index in [2.05, 4.69) is 31.0 Å². The minimum absolute atomic E-state index is 0.0734. The molecule has 7 atom stereocenters. The molecule has 0 bridgehead atoms. The van der Waals surface area contributed by atoms with Crippen LogP contribution in [0.1, 0.15) is 55.2 Å². The summed E-state index contributed by atoms with van der Waals surface area (Å²) < 4.78 is 12.6. The van der Waals surface area contributed by atoms with Gasteiger partial charge in [-0.15, -0.1) is 11.8 Å². The highest BCUT2D eigenvalue weighted by Gasteiger charge is 2.42. The molecule has 56 heavy (non-hydrogen) atoms. The number of esters is 1. The van der Waals surface area contributed by atoms with Gasteiger partial charge in [-0.25, -0.2) is 4.79 Å². The number of Topliss-reactive ketones (excluding diaryl/α,β-unsaturated/α-hetero) is 1.